The zero-order valence-corrected chi connectivity index (χ0v) is 12.0. The Balaban J connectivity index is 0.000000606. The third kappa shape index (κ3) is 3.52. The van der Waals surface area contributed by atoms with Gasteiger partial charge in [-0.3, -0.25) is 4.79 Å². The molecule has 0 fully saturated rings. The third-order valence-electron chi connectivity index (χ3n) is 2.09. The normalized spacial score (nSPS) is 8.94. The Labute approximate surface area is 117 Å². The molecular formula is C13H9IOPd. The molecule has 0 atom stereocenters. The average Bonchev–Trinajstić information content (AvgIpc) is 2.42. The van der Waals surface area contributed by atoms with Crippen LogP contribution in [0.2, 0.25) is 0 Å². The van der Waals surface area contributed by atoms with E-state index in [0.717, 1.165) is 17.4 Å². The first-order valence-corrected chi connectivity index (χ1v) is 9.17. The molecule has 0 spiro atoms. The van der Waals surface area contributed by atoms with E-state index in [9.17, 15) is 4.79 Å². The van der Waals surface area contributed by atoms with Gasteiger partial charge in [-0.05, 0) is 5.56 Å². The topological polar surface area (TPSA) is 17.1 Å². The first-order chi connectivity index (χ1) is 7.92. The minimum absolute atomic E-state index is 0.704. The fourth-order valence-corrected chi connectivity index (χ4v) is 1.41. The summed E-state index contributed by atoms with van der Waals surface area (Å²) in [4.78, 5) is 10.8. The molecule has 2 rings (SSSR count). The van der Waals surface area contributed by atoms with E-state index in [1.54, 1.807) is 0 Å². The van der Waals surface area contributed by atoms with Gasteiger partial charge >= 0.3 is 35.1 Å². The van der Waals surface area contributed by atoms with Gasteiger partial charge < -0.3 is 0 Å². The van der Waals surface area contributed by atoms with Crippen molar-refractivity contribution in [1.29, 1.82) is 0 Å². The monoisotopic (exact) mass is 414 g/mol. The maximum absolute atomic E-state index is 10.8. The first-order valence-electron chi connectivity index (χ1n) is 4.55. The molecule has 0 N–H and O–H groups in total. The SMILES string of the molecule is O=Cc1ccccc1-c1[c-]cccc1.[Pd+][I]. The molecule has 1 nitrogen and oxygen atoms in total. The van der Waals surface area contributed by atoms with Crippen LogP contribution in [0.3, 0.4) is 0 Å². The number of hydrogen-bond donors (Lipinski definition) is 0. The molecule has 0 saturated heterocycles. The molecule has 2 aromatic carbocycles. The van der Waals surface area contributed by atoms with Crippen LogP contribution in [-0.4, -0.2) is 6.29 Å². The summed E-state index contributed by atoms with van der Waals surface area (Å²) in [7, 11) is 0. The molecular weight excluding hydrogens is 405 g/mol. The summed E-state index contributed by atoms with van der Waals surface area (Å²) in [6.45, 7) is 0. The zero-order valence-electron chi connectivity index (χ0n) is 8.30. The van der Waals surface area contributed by atoms with Gasteiger partial charge in [0.1, 0.15) is 6.29 Å². The van der Waals surface area contributed by atoms with Crippen molar-refractivity contribution in [3.05, 3.63) is 60.2 Å². The summed E-state index contributed by atoms with van der Waals surface area (Å²) < 4.78 is 0. The number of halogens is 1. The number of carbonyl (C=O) groups is 1. The number of benzene rings is 2. The van der Waals surface area contributed by atoms with E-state index in [1.807, 2.05) is 68.0 Å². The summed E-state index contributed by atoms with van der Waals surface area (Å²) in [6, 6.07) is 18.3. The Morgan fingerprint density at radius 2 is 1.75 bits per heavy atom. The van der Waals surface area contributed by atoms with Crippen LogP contribution in [0.15, 0.2) is 48.5 Å². The molecule has 0 aliphatic heterocycles. The predicted octanol–water partition coefficient (Wildman–Crippen LogP) is 3.85. The standard InChI is InChI=1S/C13H9O.HI.Pd/c14-10-12-8-4-5-9-13(12)11-6-2-1-3-7-11;;/h1-6,8-10H;1H;/q-1;;+2/p-1. The van der Waals surface area contributed by atoms with Gasteiger partial charge in [-0.25, -0.2) is 0 Å². The molecule has 0 saturated carbocycles. The molecule has 0 amide bonds. The molecule has 2 aromatic rings. The van der Waals surface area contributed by atoms with Gasteiger partial charge in [0.2, 0.25) is 0 Å². The number of hydrogen-bond acceptors (Lipinski definition) is 1. The van der Waals surface area contributed by atoms with Crippen LogP contribution in [0.1, 0.15) is 10.4 Å². The van der Waals surface area contributed by atoms with Crippen molar-refractivity contribution in [2.75, 3.05) is 0 Å². The van der Waals surface area contributed by atoms with Crippen LogP contribution >= 0.6 is 19.5 Å². The number of carbonyl (C=O) groups excluding carboxylic acids is 1. The molecule has 0 unspecified atom stereocenters. The minimum atomic E-state index is 0.704. The molecule has 0 heterocycles. The Morgan fingerprint density at radius 1 is 1.06 bits per heavy atom. The Kier molecular flexibility index (Phi) is 6.55. The molecule has 0 aliphatic carbocycles. The van der Waals surface area contributed by atoms with Crippen molar-refractivity contribution in [2.45, 2.75) is 0 Å². The van der Waals surface area contributed by atoms with E-state index in [1.165, 1.54) is 0 Å². The van der Waals surface area contributed by atoms with Crippen LogP contribution in [-0.2, 0) is 15.6 Å². The van der Waals surface area contributed by atoms with Gasteiger partial charge in [0.05, 0.1) is 0 Å². The first kappa shape index (κ1) is 13.6. The van der Waals surface area contributed by atoms with Crippen molar-refractivity contribution in [1.82, 2.24) is 0 Å². The van der Waals surface area contributed by atoms with Gasteiger partial charge in [0.25, 0.3) is 0 Å². The van der Waals surface area contributed by atoms with Crippen molar-refractivity contribution < 1.29 is 20.4 Å². The summed E-state index contributed by atoms with van der Waals surface area (Å²) >= 11 is 4.72. The Bertz CT molecular complexity index is 443. The van der Waals surface area contributed by atoms with Crippen LogP contribution in [0.4, 0.5) is 0 Å². The van der Waals surface area contributed by atoms with E-state index < -0.39 is 0 Å². The van der Waals surface area contributed by atoms with Crippen LogP contribution in [0.25, 0.3) is 11.1 Å². The van der Waals surface area contributed by atoms with Crippen molar-refractivity contribution in [2.24, 2.45) is 0 Å². The van der Waals surface area contributed by atoms with Crippen LogP contribution in [0, 0.1) is 6.07 Å². The Morgan fingerprint density at radius 3 is 2.38 bits per heavy atom. The van der Waals surface area contributed by atoms with Crippen LogP contribution < -0.4 is 0 Å². The van der Waals surface area contributed by atoms with Gasteiger partial charge in [-0.2, -0.15) is 0 Å². The molecule has 0 aliphatic rings. The van der Waals surface area contributed by atoms with Gasteiger partial charge in [0, 0.05) is 0 Å². The van der Waals surface area contributed by atoms with Gasteiger partial charge in [0.15, 0.2) is 0 Å². The van der Waals surface area contributed by atoms with E-state index in [-0.39, 0.29) is 0 Å². The van der Waals surface area contributed by atoms with Gasteiger partial charge in [-0.15, -0.1) is 35.9 Å². The molecule has 0 aromatic heterocycles. The summed E-state index contributed by atoms with van der Waals surface area (Å²) in [5.41, 5.74) is 2.59. The second-order valence-electron chi connectivity index (χ2n) is 2.98. The summed E-state index contributed by atoms with van der Waals surface area (Å²) in [5, 5.41) is 0. The van der Waals surface area contributed by atoms with E-state index in [2.05, 4.69) is 21.7 Å². The second kappa shape index (κ2) is 7.72. The van der Waals surface area contributed by atoms with Gasteiger partial charge in [-0.1, -0.05) is 29.8 Å². The molecule has 84 valence electrons. The molecule has 0 radical (unpaired) electrons. The second-order valence-corrected chi connectivity index (χ2v) is 2.98. The van der Waals surface area contributed by atoms with Crippen molar-refractivity contribution in [3.63, 3.8) is 0 Å². The van der Waals surface area contributed by atoms with E-state index in [0.29, 0.717) is 5.56 Å². The zero-order chi connectivity index (χ0) is 11.8. The van der Waals surface area contributed by atoms with Crippen molar-refractivity contribution >= 4 is 25.8 Å². The van der Waals surface area contributed by atoms with E-state index in [4.69, 9.17) is 0 Å². The summed E-state index contributed by atoms with van der Waals surface area (Å²) in [5.74, 6) is 0. The predicted molar refractivity (Wildman–Crippen MR) is 70.1 cm³/mol. The fraction of sp³-hybridized carbons (Fsp3) is 0. The van der Waals surface area contributed by atoms with Crippen LogP contribution in [0.5, 0.6) is 0 Å². The van der Waals surface area contributed by atoms with E-state index >= 15 is 0 Å². The quantitative estimate of drug-likeness (QED) is 0.316. The summed E-state index contributed by atoms with van der Waals surface area (Å²) in [6.07, 6.45) is 0.871. The third-order valence-corrected chi connectivity index (χ3v) is 2.09. The number of rotatable bonds is 2. The fourth-order valence-electron chi connectivity index (χ4n) is 1.41. The Hall–Kier alpha value is -0.498. The number of aldehydes is 1. The molecule has 0 bridgehead atoms. The van der Waals surface area contributed by atoms with Crippen molar-refractivity contribution in [3.8, 4) is 11.1 Å². The average molecular weight is 415 g/mol. The molecule has 16 heavy (non-hydrogen) atoms. The maximum atomic E-state index is 10.8. The molecule has 3 heteroatoms.